The van der Waals surface area contributed by atoms with Crippen molar-refractivity contribution < 1.29 is 4.74 Å². The average Bonchev–Trinajstić information content (AvgIpc) is 2.37. The van der Waals surface area contributed by atoms with Crippen molar-refractivity contribution in [1.82, 2.24) is 5.32 Å². The van der Waals surface area contributed by atoms with Crippen LogP contribution in [0.15, 0.2) is 24.3 Å². The molecule has 1 N–H and O–H groups in total. The maximum absolute atomic E-state index is 9.23. The summed E-state index contributed by atoms with van der Waals surface area (Å²) in [6.07, 6.45) is 0. The van der Waals surface area contributed by atoms with Crippen molar-refractivity contribution >= 4 is 5.69 Å². The second-order valence-corrected chi connectivity index (χ2v) is 4.89. The lowest BCUT2D eigenvalue weighted by Crippen LogP contribution is -2.58. The Kier molecular flexibility index (Phi) is 3.18. The maximum Gasteiger partial charge on any atom is 0.101 e. The van der Waals surface area contributed by atoms with Crippen LogP contribution in [0.5, 0.6) is 0 Å². The molecule has 0 spiro atoms. The van der Waals surface area contributed by atoms with Crippen LogP contribution in [0.1, 0.15) is 5.56 Å². The van der Waals surface area contributed by atoms with E-state index in [1.165, 1.54) is 0 Å². The van der Waals surface area contributed by atoms with Gasteiger partial charge in [0.1, 0.15) is 6.07 Å². The summed E-state index contributed by atoms with van der Waals surface area (Å²) in [5.41, 5.74) is 1.84. The Morgan fingerprint density at radius 2 is 2.17 bits per heavy atom. The van der Waals surface area contributed by atoms with E-state index in [9.17, 15) is 5.26 Å². The Labute approximate surface area is 107 Å². The van der Waals surface area contributed by atoms with E-state index in [1.807, 2.05) is 18.2 Å². The zero-order valence-electron chi connectivity index (χ0n) is 10.3. The summed E-state index contributed by atoms with van der Waals surface area (Å²) in [6, 6.07) is 10.6. The van der Waals surface area contributed by atoms with Gasteiger partial charge in [-0.1, -0.05) is 12.1 Å². The monoisotopic (exact) mass is 243 g/mol. The third-order valence-electron chi connectivity index (χ3n) is 3.83. The fraction of sp³-hybridized carbons (Fsp3) is 0.500. The van der Waals surface area contributed by atoms with Gasteiger partial charge in [-0.25, -0.2) is 0 Å². The van der Waals surface area contributed by atoms with Gasteiger partial charge >= 0.3 is 0 Å². The van der Waals surface area contributed by atoms with Gasteiger partial charge in [0.15, 0.2) is 0 Å². The summed E-state index contributed by atoms with van der Waals surface area (Å²) in [7, 11) is 0. The van der Waals surface area contributed by atoms with Crippen LogP contribution in [-0.2, 0) is 4.74 Å². The van der Waals surface area contributed by atoms with Gasteiger partial charge in [0.2, 0.25) is 0 Å². The van der Waals surface area contributed by atoms with Crippen molar-refractivity contribution in [3.8, 4) is 6.07 Å². The number of anilines is 1. The molecule has 2 saturated heterocycles. The van der Waals surface area contributed by atoms with Crippen molar-refractivity contribution in [3.63, 3.8) is 0 Å². The molecule has 94 valence electrons. The van der Waals surface area contributed by atoms with Crippen molar-refractivity contribution in [2.45, 2.75) is 6.04 Å². The van der Waals surface area contributed by atoms with Crippen molar-refractivity contribution in [2.24, 2.45) is 5.92 Å². The summed E-state index contributed by atoms with van der Waals surface area (Å²) in [6.45, 7) is 4.60. The first-order valence-corrected chi connectivity index (χ1v) is 6.44. The quantitative estimate of drug-likeness (QED) is 0.841. The second-order valence-electron chi connectivity index (χ2n) is 4.89. The molecule has 0 bridgehead atoms. The Balaban J connectivity index is 1.89. The van der Waals surface area contributed by atoms with Crippen LogP contribution in [0.3, 0.4) is 0 Å². The topological polar surface area (TPSA) is 48.3 Å². The van der Waals surface area contributed by atoms with Gasteiger partial charge in [-0.3, -0.25) is 0 Å². The third-order valence-corrected chi connectivity index (χ3v) is 3.83. The highest BCUT2D eigenvalue weighted by Gasteiger charge is 2.35. The van der Waals surface area contributed by atoms with Crippen LogP contribution in [0.2, 0.25) is 0 Å². The first kappa shape index (κ1) is 11.5. The van der Waals surface area contributed by atoms with E-state index in [2.05, 4.69) is 22.4 Å². The number of hydrogen-bond donors (Lipinski definition) is 1. The number of nitrogens with one attached hydrogen (secondary N) is 1. The lowest BCUT2D eigenvalue weighted by atomic mass is 9.94. The molecule has 1 unspecified atom stereocenters. The Hall–Kier alpha value is -1.57. The molecule has 1 aromatic carbocycles. The van der Waals surface area contributed by atoms with E-state index in [4.69, 9.17) is 4.74 Å². The lowest BCUT2D eigenvalue weighted by Gasteiger charge is -2.45. The molecule has 2 fully saturated rings. The SMILES string of the molecule is N#Cc1ccccc1N1CCNCC1C1COC1. The normalized spacial score (nSPS) is 24.4. The van der Waals surface area contributed by atoms with Gasteiger partial charge in [0.05, 0.1) is 24.5 Å². The van der Waals surface area contributed by atoms with Crippen LogP contribution < -0.4 is 10.2 Å². The predicted molar refractivity (Wildman–Crippen MR) is 69.5 cm³/mol. The second kappa shape index (κ2) is 4.97. The molecular weight excluding hydrogens is 226 g/mol. The minimum Gasteiger partial charge on any atom is -0.381 e. The number of piperazine rings is 1. The summed E-state index contributed by atoms with van der Waals surface area (Å²) >= 11 is 0. The molecule has 2 heterocycles. The molecule has 0 aromatic heterocycles. The number of benzene rings is 1. The molecule has 0 aliphatic carbocycles. The van der Waals surface area contributed by atoms with Crippen LogP contribution in [0, 0.1) is 17.2 Å². The summed E-state index contributed by atoms with van der Waals surface area (Å²) in [5, 5.41) is 12.7. The molecule has 1 atom stereocenters. The molecule has 2 aliphatic heterocycles. The number of para-hydroxylation sites is 1. The van der Waals surface area contributed by atoms with Gasteiger partial charge in [0.25, 0.3) is 0 Å². The summed E-state index contributed by atoms with van der Waals surface area (Å²) in [4.78, 5) is 2.38. The zero-order valence-corrected chi connectivity index (χ0v) is 10.3. The van der Waals surface area contributed by atoms with E-state index >= 15 is 0 Å². The molecule has 18 heavy (non-hydrogen) atoms. The highest BCUT2D eigenvalue weighted by molar-refractivity contribution is 5.60. The van der Waals surface area contributed by atoms with E-state index in [0.717, 1.165) is 44.1 Å². The molecule has 2 aliphatic rings. The van der Waals surface area contributed by atoms with Gasteiger partial charge < -0.3 is 15.0 Å². The van der Waals surface area contributed by atoms with Crippen LogP contribution in [-0.4, -0.2) is 38.9 Å². The minimum absolute atomic E-state index is 0.446. The van der Waals surface area contributed by atoms with E-state index in [-0.39, 0.29) is 0 Å². The van der Waals surface area contributed by atoms with Crippen molar-refractivity contribution in [3.05, 3.63) is 29.8 Å². The van der Waals surface area contributed by atoms with Crippen LogP contribution >= 0.6 is 0 Å². The Morgan fingerprint density at radius 1 is 1.33 bits per heavy atom. The van der Waals surface area contributed by atoms with Gasteiger partial charge in [0, 0.05) is 31.6 Å². The zero-order chi connectivity index (χ0) is 12.4. The minimum atomic E-state index is 0.446. The fourth-order valence-electron chi connectivity index (χ4n) is 2.74. The summed E-state index contributed by atoms with van der Waals surface area (Å²) < 4.78 is 5.31. The van der Waals surface area contributed by atoms with Crippen LogP contribution in [0.25, 0.3) is 0 Å². The predicted octanol–water partition coefficient (Wildman–Crippen LogP) is 0.983. The van der Waals surface area contributed by atoms with E-state index in [0.29, 0.717) is 12.0 Å². The van der Waals surface area contributed by atoms with Crippen LogP contribution in [0.4, 0.5) is 5.69 Å². The molecule has 1 aromatic rings. The number of rotatable bonds is 2. The van der Waals surface area contributed by atoms with E-state index < -0.39 is 0 Å². The lowest BCUT2D eigenvalue weighted by molar-refractivity contribution is -0.0459. The summed E-state index contributed by atoms with van der Waals surface area (Å²) in [5.74, 6) is 0.588. The van der Waals surface area contributed by atoms with Gasteiger partial charge in [-0.05, 0) is 12.1 Å². The first-order valence-electron chi connectivity index (χ1n) is 6.44. The number of hydrogen-bond acceptors (Lipinski definition) is 4. The smallest absolute Gasteiger partial charge is 0.101 e. The van der Waals surface area contributed by atoms with Crippen molar-refractivity contribution in [1.29, 1.82) is 5.26 Å². The number of nitrogens with zero attached hydrogens (tertiary/aromatic N) is 2. The molecule has 0 saturated carbocycles. The number of nitriles is 1. The van der Waals surface area contributed by atoms with Gasteiger partial charge in [-0.2, -0.15) is 5.26 Å². The molecule has 4 nitrogen and oxygen atoms in total. The Morgan fingerprint density at radius 3 is 2.89 bits per heavy atom. The molecule has 3 rings (SSSR count). The first-order chi connectivity index (χ1) is 8.90. The third kappa shape index (κ3) is 1.96. The average molecular weight is 243 g/mol. The molecular formula is C14H17N3O. The van der Waals surface area contributed by atoms with E-state index in [1.54, 1.807) is 0 Å². The standard InChI is InChI=1S/C14H17N3O/c15-7-11-3-1-2-4-13(11)17-6-5-16-8-14(17)12-9-18-10-12/h1-4,12,14,16H,5-6,8-10H2. The molecule has 0 radical (unpaired) electrons. The van der Waals surface area contributed by atoms with Crippen molar-refractivity contribution in [2.75, 3.05) is 37.7 Å². The highest BCUT2D eigenvalue weighted by Crippen LogP contribution is 2.28. The molecule has 0 amide bonds. The highest BCUT2D eigenvalue weighted by atomic mass is 16.5. The Bertz CT molecular complexity index is 464. The molecule has 4 heteroatoms. The van der Waals surface area contributed by atoms with Gasteiger partial charge in [-0.15, -0.1) is 0 Å². The maximum atomic E-state index is 9.23. The number of ether oxygens (including phenoxy) is 1. The largest absolute Gasteiger partial charge is 0.381 e. The fourth-order valence-corrected chi connectivity index (χ4v) is 2.74.